The number of aromatic nitrogens is 1. The van der Waals surface area contributed by atoms with E-state index >= 15 is 0 Å². The largest absolute Gasteiger partial charge is 0.360 e. The van der Waals surface area contributed by atoms with Gasteiger partial charge in [0.1, 0.15) is 5.76 Å². The second-order valence-corrected chi connectivity index (χ2v) is 3.37. The van der Waals surface area contributed by atoms with Gasteiger partial charge in [0.15, 0.2) is 5.78 Å². The summed E-state index contributed by atoms with van der Waals surface area (Å²) in [5.74, 6) is 1.10. The summed E-state index contributed by atoms with van der Waals surface area (Å²) < 4.78 is 5.03. The molecule has 12 heavy (non-hydrogen) atoms. The average Bonchev–Trinajstić information content (AvgIpc) is 2.41. The Bertz CT molecular complexity index is 327. The van der Waals surface area contributed by atoms with Crippen molar-refractivity contribution in [2.45, 2.75) is 26.7 Å². The van der Waals surface area contributed by atoms with Crippen LogP contribution >= 0.6 is 0 Å². The smallest absolute Gasteiger partial charge is 0.171 e. The van der Waals surface area contributed by atoms with Gasteiger partial charge < -0.3 is 4.52 Å². The third-order valence-electron chi connectivity index (χ3n) is 2.43. The van der Waals surface area contributed by atoms with E-state index in [1.54, 1.807) is 0 Å². The van der Waals surface area contributed by atoms with Crippen molar-refractivity contribution in [3.63, 3.8) is 0 Å². The first-order valence-electron chi connectivity index (χ1n) is 4.19. The standard InChI is InChI=1S/C9H11NO2/c1-5-3-4-7-8(9(5)11)6(2)10-12-7/h5H,3-4H2,1-2H3. The number of aryl methyl sites for hydroxylation is 2. The van der Waals surface area contributed by atoms with Crippen LogP contribution in [0.2, 0.25) is 0 Å². The molecule has 0 amide bonds. The molecule has 3 nitrogen and oxygen atoms in total. The summed E-state index contributed by atoms with van der Waals surface area (Å²) in [7, 11) is 0. The highest BCUT2D eigenvalue weighted by atomic mass is 16.5. The summed E-state index contributed by atoms with van der Waals surface area (Å²) in [6.45, 7) is 3.77. The molecule has 0 saturated carbocycles. The van der Waals surface area contributed by atoms with Crippen LogP contribution in [0.15, 0.2) is 4.52 Å². The lowest BCUT2D eigenvalue weighted by Gasteiger charge is -2.14. The zero-order valence-corrected chi connectivity index (χ0v) is 7.26. The van der Waals surface area contributed by atoms with Crippen LogP contribution in [0.25, 0.3) is 0 Å². The Morgan fingerprint density at radius 2 is 2.33 bits per heavy atom. The van der Waals surface area contributed by atoms with Crippen LogP contribution in [0.1, 0.15) is 35.2 Å². The van der Waals surface area contributed by atoms with E-state index in [2.05, 4.69) is 5.16 Å². The quantitative estimate of drug-likeness (QED) is 0.588. The number of carbonyl (C=O) groups excluding carboxylic acids is 1. The SMILES string of the molecule is Cc1noc2c1C(=O)C(C)CC2. The monoisotopic (exact) mass is 165 g/mol. The molecule has 1 aliphatic rings. The van der Waals surface area contributed by atoms with E-state index in [1.165, 1.54) is 0 Å². The van der Waals surface area contributed by atoms with Gasteiger partial charge in [-0.2, -0.15) is 0 Å². The van der Waals surface area contributed by atoms with Gasteiger partial charge in [-0.25, -0.2) is 0 Å². The minimum Gasteiger partial charge on any atom is -0.360 e. The van der Waals surface area contributed by atoms with Crippen molar-refractivity contribution in [1.82, 2.24) is 5.16 Å². The number of hydrogen-bond acceptors (Lipinski definition) is 3. The summed E-state index contributed by atoms with van der Waals surface area (Å²) in [5, 5.41) is 3.79. The lowest BCUT2D eigenvalue weighted by Crippen LogP contribution is -2.19. The Hall–Kier alpha value is -1.12. The highest BCUT2D eigenvalue weighted by molar-refractivity contribution is 6.00. The summed E-state index contributed by atoms with van der Waals surface area (Å²) >= 11 is 0. The highest BCUT2D eigenvalue weighted by Gasteiger charge is 2.29. The third kappa shape index (κ3) is 0.891. The molecule has 2 rings (SSSR count). The molecule has 0 aromatic carbocycles. The van der Waals surface area contributed by atoms with E-state index in [1.807, 2.05) is 13.8 Å². The van der Waals surface area contributed by atoms with E-state index in [4.69, 9.17) is 4.52 Å². The summed E-state index contributed by atoms with van der Waals surface area (Å²) in [4.78, 5) is 11.6. The number of nitrogens with zero attached hydrogens (tertiary/aromatic N) is 1. The Labute approximate surface area is 70.7 Å². The van der Waals surface area contributed by atoms with Crippen LogP contribution < -0.4 is 0 Å². The molecule has 0 radical (unpaired) electrons. The van der Waals surface area contributed by atoms with E-state index in [0.717, 1.165) is 29.9 Å². The van der Waals surface area contributed by atoms with Crippen LogP contribution in [0.5, 0.6) is 0 Å². The van der Waals surface area contributed by atoms with Crippen molar-refractivity contribution < 1.29 is 9.32 Å². The number of rotatable bonds is 0. The van der Waals surface area contributed by atoms with Crippen LogP contribution in [0, 0.1) is 12.8 Å². The Morgan fingerprint density at radius 3 is 3.08 bits per heavy atom. The molecule has 3 heteroatoms. The molecule has 0 N–H and O–H groups in total. The molecule has 64 valence electrons. The van der Waals surface area contributed by atoms with Gasteiger partial charge >= 0.3 is 0 Å². The zero-order valence-electron chi connectivity index (χ0n) is 7.26. The fraction of sp³-hybridized carbons (Fsp3) is 0.556. The molecule has 0 saturated heterocycles. The van der Waals surface area contributed by atoms with E-state index in [9.17, 15) is 4.79 Å². The van der Waals surface area contributed by atoms with Crippen LogP contribution in [-0.4, -0.2) is 10.9 Å². The number of fused-ring (bicyclic) bond motifs is 1. The van der Waals surface area contributed by atoms with E-state index in [-0.39, 0.29) is 11.7 Å². The van der Waals surface area contributed by atoms with Crippen molar-refractivity contribution in [2.24, 2.45) is 5.92 Å². The first-order chi connectivity index (χ1) is 5.70. The molecule has 0 fully saturated rings. The predicted octanol–water partition coefficient (Wildman–Crippen LogP) is 1.75. The first kappa shape index (κ1) is 7.53. The van der Waals surface area contributed by atoms with Crippen LogP contribution in [-0.2, 0) is 6.42 Å². The van der Waals surface area contributed by atoms with Gasteiger partial charge in [0.25, 0.3) is 0 Å². The summed E-state index contributed by atoms with van der Waals surface area (Å²) in [6.07, 6.45) is 1.74. The van der Waals surface area contributed by atoms with Crippen LogP contribution in [0.4, 0.5) is 0 Å². The maximum absolute atomic E-state index is 11.6. The number of ketones is 1. The normalized spacial score (nSPS) is 22.5. The Kier molecular flexibility index (Phi) is 1.53. The van der Waals surface area contributed by atoms with Crippen molar-refractivity contribution in [1.29, 1.82) is 0 Å². The average molecular weight is 165 g/mol. The topological polar surface area (TPSA) is 43.1 Å². The fourth-order valence-electron chi connectivity index (χ4n) is 1.63. The molecule has 0 spiro atoms. The van der Waals surface area contributed by atoms with Crippen LogP contribution in [0.3, 0.4) is 0 Å². The molecule has 1 aromatic rings. The zero-order chi connectivity index (χ0) is 8.72. The van der Waals surface area contributed by atoms with Gasteiger partial charge in [0.2, 0.25) is 0 Å². The lowest BCUT2D eigenvalue weighted by molar-refractivity contribution is 0.0908. The molecule has 0 aliphatic heterocycles. The molecule has 1 heterocycles. The first-order valence-corrected chi connectivity index (χ1v) is 4.19. The molecule has 1 aliphatic carbocycles. The second kappa shape index (κ2) is 2.44. The van der Waals surface area contributed by atoms with Gasteiger partial charge in [-0.3, -0.25) is 4.79 Å². The second-order valence-electron chi connectivity index (χ2n) is 3.37. The Balaban J connectivity index is 2.53. The van der Waals surface area contributed by atoms with Gasteiger partial charge in [-0.1, -0.05) is 12.1 Å². The van der Waals surface area contributed by atoms with Crippen molar-refractivity contribution in [3.8, 4) is 0 Å². The molecule has 1 aromatic heterocycles. The minimum absolute atomic E-state index is 0.135. The molecule has 0 bridgehead atoms. The summed E-state index contributed by atoms with van der Waals surface area (Å²) in [6, 6.07) is 0. The van der Waals surface area contributed by atoms with Crippen molar-refractivity contribution >= 4 is 5.78 Å². The van der Waals surface area contributed by atoms with Gasteiger partial charge in [-0.15, -0.1) is 0 Å². The molecule has 1 unspecified atom stereocenters. The molecular weight excluding hydrogens is 154 g/mol. The van der Waals surface area contributed by atoms with Crippen molar-refractivity contribution in [2.75, 3.05) is 0 Å². The predicted molar refractivity (Wildman–Crippen MR) is 43.1 cm³/mol. The number of carbonyl (C=O) groups is 1. The highest BCUT2D eigenvalue weighted by Crippen LogP contribution is 2.27. The third-order valence-corrected chi connectivity index (χ3v) is 2.43. The van der Waals surface area contributed by atoms with E-state index in [0.29, 0.717) is 0 Å². The Morgan fingerprint density at radius 1 is 1.58 bits per heavy atom. The maximum atomic E-state index is 11.6. The van der Waals surface area contributed by atoms with E-state index < -0.39 is 0 Å². The lowest BCUT2D eigenvalue weighted by atomic mass is 9.87. The fourth-order valence-corrected chi connectivity index (χ4v) is 1.63. The van der Waals surface area contributed by atoms with Gasteiger partial charge in [0.05, 0.1) is 11.3 Å². The molecular formula is C9H11NO2. The number of hydrogen-bond donors (Lipinski definition) is 0. The van der Waals surface area contributed by atoms with Crippen molar-refractivity contribution in [3.05, 3.63) is 17.0 Å². The minimum atomic E-state index is 0.135. The maximum Gasteiger partial charge on any atom is 0.171 e. The van der Waals surface area contributed by atoms with Gasteiger partial charge in [0, 0.05) is 12.3 Å². The van der Waals surface area contributed by atoms with Gasteiger partial charge in [-0.05, 0) is 13.3 Å². The number of Topliss-reactive ketones (excluding diaryl/α,β-unsaturated/α-hetero) is 1. The molecule has 1 atom stereocenters. The summed E-state index contributed by atoms with van der Waals surface area (Å²) in [5.41, 5.74) is 1.47.